The number of nitrogens with zero attached hydrogens (tertiary/aromatic N) is 3. The van der Waals surface area contributed by atoms with Crippen LogP contribution < -0.4 is 9.64 Å². The Morgan fingerprint density at radius 1 is 1.28 bits per heavy atom. The zero-order valence-electron chi connectivity index (χ0n) is 14.0. The number of para-hydroxylation sites is 1. The minimum absolute atomic E-state index is 0.109. The van der Waals surface area contributed by atoms with E-state index in [0.717, 1.165) is 40.9 Å². The van der Waals surface area contributed by atoms with Crippen molar-refractivity contribution in [1.82, 2.24) is 9.97 Å². The number of anilines is 1. The van der Waals surface area contributed by atoms with E-state index in [1.165, 1.54) is 11.3 Å². The SMILES string of the molecule is COc1cccc2sc(N(Cc3ccccn3)C(=O)C3CCC3)nc12. The van der Waals surface area contributed by atoms with Crippen molar-refractivity contribution in [2.45, 2.75) is 25.8 Å². The van der Waals surface area contributed by atoms with Crippen LogP contribution in [0.3, 0.4) is 0 Å². The zero-order chi connectivity index (χ0) is 17.2. The number of carbonyl (C=O) groups excluding carboxylic acids is 1. The zero-order valence-corrected chi connectivity index (χ0v) is 14.8. The number of hydrogen-bond donors (Lipinski definition) is 0. The van der Waals surface area contributed by atoms with E-state index in [1.54, 1.807) is 18.2 Å². The Morgan fingerprint density at radius 2 is 2.16 bits per heavy atom. The number of hydrogen-bond acceptors (Lipinski definition) is 5. The predicted octanol–water partition coefficient (Wildman–Crippen LogP) is 4.03. The molecule has 1 aromatic carbocycles. The molecule has 0 saturated heterocycles. The summed E-state index contributed by atoms with van der Waals surface area (Å²) >= 11 is 1.52. The van der Waals surface area contributed by atoms with E-state index in [-0.39, 0.29) is 11.8 Å². The fourth-order valence-corrected chi connectivity index (χ4v) is 3.95. The van der Waals surface area contributed by atoms with Gasteiger partial charge in [-0.15, -0.1) is 0 Å². The van der Waals surface area contributed by atoms with E-state index >= 15 is 0 Å². The minimum atomic E-state index is 0.109. The van der Waals surface area contributed by atoms with E-state index < -0.39 is 0 Å². The van der Waals surface area contributed by atoms with Gasteiger partial charge >= 0.3 is 0 Å². The summed E-state index contributed by atoms with van der Waals surface area (Å²) in [5.41, 5.74) is 1.67. The molecule has 0 atom stereocenters. The van der Waals surface area contributed by atoms with Gasteiger partial charge in [-0.3, -0.25) is 14.7 Å². The number of carbonyl (C=O) groups is 1. The Labute approximate surface area is 150 Å². The highest BCUT2D eigenvalue weighted by molar-refractivity contribution is 7.22. The Bertz CT molecular complexity index is 890. The molecule has 2 aromatic heterocycles. The van der Waals surface area contributed by atoms with Crippen LogP contribution >= 0.6 is 11.3 Å². The lowest BCUT2D eigenvalue weighted by Gasteiger charge is -2.30. The molecule has 0 N–H and O–H groups in total. The lowest BCUT2D eigenvalue weighted by atomic mass is 9.84. The predicted molar refractivity (Wildman–Crippen MR) is 98.9 cm³/mol. The van der Waals surface area contributed by atoms with Crippen LogP contribution in [-0.2, 0) is 11.3 Å². The summed E-state index contributed by atoms with van der Waals surface area (Å²) in [6.45, 7) is 0.443. The van der Waals surface area contributed by atoms with Gasteiger partial charge in [-0.05, 0) is 37.1 Å². The molecule has 0 bridgehead atoms. The quantitative estimate of drug-likeness (QED) is 0.695. The Balaban J connectivity index is 1.73. The first-order chi connectivity index (χ1) is 12.3. The van der Waals surface area contributed by atoms with Gasteiger partial charge in [0.15, 0.2) is 5.13 Å². The average Bonchev–Trinajstić information content (AvgIpc) is 3.02. The van der Waals surface area contributed by atoms with Crippen molar-refractivity contribution in [3.05, 3.63) is 48.3 Å². The third kappa shape index (κ3) is 3.09. The molecule has 1 aliphatic carbocycles. The first-order valence-electron chi connectivity index (χ1n) is 8.41. The Morgan fingerprint density at radius 3 is 2.84 bits per heavy atom. The topological polar surface area (TPSA) is 55.3 Å². The second-order valence-electron chi connectivity index (χ2n) is 6.18. The van der Waals surface area contributed by atoms with Gasteiger partial charge in [-0.1, -0.05) is 29.9 Å². The molecule has 0 unspecified atom stereocenters. The summed E-state index contributed by atoms with van der Waals surface area (Å²) < 4.78 is 6.42. The molecule has 2 heterocycles. The molecule has 1 aliphatic rings. The average molecular weight is 353 g/mol. The van der Waals surface area contributed by atoms with Crippen LogP contribution in [0.25, 0.3) is 10.2 Å². The molecule has 25 heavy (non-hydrogen) atoms. The van der Waals surface area contributed by atoms with Crippen LogP contribution in [0, 0.1) is 5.92 Å². The van der Waals surface area contributed by atoms with E-state index in [2.05, 4.69) is 4.98 Å². The Hall–Kier alpha value is -2.47. The van der Waals surface area contributed by atoms with Gasteiger partial charge in [-0.25, -0.2) is 4.98 Å². The maximum atomic E-state index is 13.0. The molecule has 1 fully saturated rings. The summed E-state index contributed by atoms with van der Waals surface area (Å²) in [4.78, 5) is 23.9. The number of benzene rings is 1. The number of ether oxygens (including phenoxy) is 1. The number of methoxy groups -OCH3 is 1. The summed E-state index contributed by atoms with van der Waals surface area (Å²) in [5, 5.41) is 0.710. The van der Waals surface area contributed by atoms with Gasteiger partial charge in [-0.2, -0.15) is 0 Å². The molecule has 3 aromatic rings. The normalized spacial score (nSPS) is 14.3. The number of amides is 1. The summed E-state index contributed by atoms with van der Waals surface area (Å²) in [6.07, 6.45) is 4.81. The number of pyridine rings is 1. The minimum Gasteiger partial charge on any atom is -0.494 e. The van der Waals surface area contributed by atoms with E-state index in [4.69, 9.17) is 9.72 Å². The number of fused-ring (bicyclic) bond motifs is 1. The van der Waals surface area contributed by atoms with Gasteiger partial charge in [0.2, 0.25) is 5.91 Å². The third-order valence-electron chi connectivity index (χ3n) is 4.59. The maximum absolute atomic E-state index is 13.0. The Kier molecular flexibility index (Phi) is 4.36. The highest BCUT2D eigenvalue weighted by Gasteiger charge is 2.32. The van der Waals surface area contributed by atoms with Crippen LogP contribution in [0.2, 0.25) is 0 Å². The van der Waals surface area contributed by atoms with Crippen LogP contribution in [0.1, 0.15) is 25.0 Å². The molecule has 4 rings (SSSR count). The van der Waals surface area contributed by atoms with Crippen LogP contribution in [0.5, 0.6) is 5.75 Å². The highest BCUT2D eigenvalue weighted by Crippen LogP contribution is 2.37. The molecule has 0 spiro atoms. The highest BCUT2D eigenvalue weighted by atomic mass is 32.1. The molecule has 1 amide bonds. The molecule has 6 heteroatoms. The first kappa shape index (κ1) is 16.0. The smallest absolute Gasteiger partial charge is 0.232 e. The first-order valence-corrected chi connectivity index (χ1v) is 9.23. The van der Waals surface area contributed by atoms with Gasteiger partial charge in [0.1, 0.15) is 11.3 Å². The fourth-order valence-electron chi connectivity index (χ4n) is 2.96. The van der Waals surface area contributed by atoms with E-state index in [1.807, 2.05) is 36.4 Å². The summed E-state index contributed by atoms with van der Waals surface area (Å²) in [6, 6.07) is 11.6. The molecule has 0 aliphatic heterocycles. The number of thiazole rings is 1. The molecule has 0 radical (unpaired) electrons. The van der Waals surface area contributed by atoms with E-state index in [0.29, 0.717) is 11.7 Å². The van der Waals surface area contributed by atoms with Crippen molar-refractivity contribution in [1.29, 1.82) is 0 Å². The standard InChI is InChI=1S/C19H19N3O2S/c1-24-15-9-5-10-16-17(15)21-19(25-16)22(18(23)13-6-4-7-13)12-14-8-2-3-11-20-14/h2-3,5,8-11,13H,4,6-7,12H2,1H3. The van der Waals surface area contributed by atoms with Crippen LogP contribution in [0.4, 0.5) is 5.13 Å². The summed E-state index contributed by atoms with van der Waals surface area (Å²) in [5.74, 6) is 0.987. The van der Waals surface area contributed by atoms with Gasteiger partial charge in [0.05, 0.1) is 24.0 Å². The molecule has 128 valence electrons. The largest absolute Gasteiger partial charge is 0.494 e. The maximum Gasteiger partial charge on any atom is 0.232 e. The second-order valence-corrected chi connectivity index (χ2v) is 7.19. The lowest BCUT2D eigenvalue weighted by Crippen LogP contribution is -2.38. The van der Waals surface area contributed by atoms with Crippen molar-refractivity contribution in [3.63, 3.8) is 0 Å². The molecule has 1 saturated carbocycles. The van der Waals surface area contributed by atoms with E-state index in [9.17, 15) is 4.79 Å². The molecule has 5 nitrogen and oxygen atoms in total. The van der Waals surface area contributed by atoms with Crippen molar-refractivity contribution in [2.24, 2.45) is 5.92 Å². The number of aromatic nitrogens is 2. The van der Waals surface area contributed by atoms with Gasteiger partial charge < -0.3 is 4.74 Å². The second kappa shape index (κ2) is 6.80. The van der Waals surface area contributed by atoms with Crippen LogP contribution in [-0.4, -0.2) is 23.0 Å². The van der Waals surface area contributed by atoms with Gasteiger partial charge in [0.25, 0.3) is 0 Å². The van der Waals surface area contributed by atoms with Crippen molar-refractivity contribution < 1.29 is 9.53 Å². The number of rotatable bonds is 5. The third-order valence-corrected chi connectivity index (χ3v) is 5.63. The monoisotopic (exact) mass is 353 g/mol. The summed E-state index contributed by atoms with van der Waals surface area (Å²) in [7, 11) is 1.64. The van der Waals surface area contributed by atoms with Crippen molar-refractivity contribution in [2.75, 3.05) is 12.0 Å². The fraction of sp³-hybridized carbons (Fsp3) is 0.316. The van der Waals surface area contributed by atoms with Crippen LogP contribution in [0.15, 0.2) is 42.6 Å². The van der Waals surface area contributed by atoms with Crippen molar-refractivity contribution in [3.8, 4) is 5.75 Å². The van der Waals surface area contributed by atoms with Crippen molar-refractivity contribution >= 4 is 32.6 Å². The van der Waals surface area contributed by atoms with Gasteiger partial charge in [0, 0.05) is 12.1 Å². The molecular formula is C19H19N3O2S. The lowest BCUT2D eigenvalue weighted by molar-refractivity contribution is -0.124. The molecular weight excluding hydrogens is 334 g/mol.